The molecule has 1 unspecified atom stereocenters. The van der Waals surface area contributed by atoms with E-state index >= 15 is 0 Å². The second-order valence-electron chi connectivity index (χ2n) is 4.41. The Bertz CT molecular complexity index is 233. The van der Waals surface area contributed by atoms with Gasteiger partial charge in [0.25, 0.3) is 5.91 Å². The van der Waals surface area contributed by atoms with Gasteiger partial charge in [-0.3, -0.25) is 9.63 Å². The molecule has 1 amide bonds. The molecule has 0 radical (unpaired) electrons. The molecule has 0 aromatic carbocycles. The number of rotatable bonds is 3. The quantitative estimate of drug-likeness (QED) is 0.653. The van der Waals surface area contributed by atoms with E-state index < -0.39 is 5.54 Å². The van der Waals surface area contributed by atoms with Gasteiger partial charge in [-0.25, -0.2) is 5.48 Å². The Labute approximate surface area is 89.2 Å². The second-order valence-corrected chi connectivity index (χ2v) is 4.41. The van der Waals surface area contributed by atoms with Gasteiger partial charge in [-0.2, -0.15) is 0 Å². The van der Waals surface area contributed by atoms with Crippen LogP contribution < -0.4 is 11.2 Å². The molecule has 0 aromatic rings. The van der Waals surface area contributed by atoms with E-state index in [4.69, 9.17) is 15.3 Å². The van der Waals surface area contributed by atoms with Gasteiger partial charge in [0.1, 0.15) is 5.54 Å². The average molecular weight is 214 g/mol. The summed E-state index contributed by atoms with van der Waals surface area (Å²) in [4.78, 5) is 17.0. The number of amides is 1. The number of hydroxylamine groups is 1. The van der Waals surface area contributed by atoms with Crippen LogP contribution in [-0.4, -0.2) is 30.8 Å². The minimum absolute atomic E-state index is 0.167. The third-order valence-electron chi connectivity index (χ3n) is 3.12. The highest BCUT2D eigenvalue weighted by molar-refractivity contribution is 5.85. The first-order chi connectivity index (χ1) is 7.21. The Balaban J connectivity index is 1.76. The number of hydrogen-bond donors (Lipinski definition) is 2. The van der Waals surface area contributed by atoms with E-state index in [9.17, 15) is 4.79 Å². The van der Waals surface area contributed by atoms with Gasteiger partial charge in [0.05, 0.1) is 12.7 Å². The first-order valence-corrected chi connectivity index (χ1v) is 5.53. The molecular weight excluding hydrogens is 196 g/mol. The van der Waals surface area contributed by atoms with E-state index in [0.717, 1.165) is 12.8 Å². The first-order valence-electron chi connectivity index (χ1n) is 5.53. The molecule has 1 saturated carbocycles. The molecule has 1 aliphatic carbocycles. The molecule has 5 nitrogen and oxygen atoms in total. The molecule has 2 aliphatic rings. The molecule has 2 fully saturated rings. The maximum Gasteiger partial charge on any atom is 0.266 e. The van der Waals surface area contributed by atoms with Crippen LogP contribution in [0.3, 0.4) is 0 Å². The molecule has 1 heterocycles. The predicted molar refractivity (Wildman–Crippen MR) is 53.8 cm³/mol. The molecule has 0 aromatic heterocycles. The minimum Gasteiger partial charge on any atom is -0.379 e. The van der Waals surface area contributed by atoms with Crippen LogP contribution in [0.5, 0.6) is 0 Å². The molecule has 5 heteroatoms. The lowest BCUT2D eigenvalue weighted by Gasteiger charge is -2.21. The van der Waals surface area contributed by atoms with Gasteiger partial charge in [0.15, 0.2) is 0 Å². The molecular formula is C10H18N2O3. The number of carbonyl (C=O) groups is 1. The van der Waals surface area contributed by atoms with Crippen molar-refractivity contribution in [3.8, 4) is 0 Å². The third-order valence-corrected chi connectivity index (χ3v) is 3.12. The summed E-state index contributed by atoms with van der Waals surface area (Å²) >= 11 is 0. The fourth-order valence-corrected chi connectivity index (χ4v) is 2.00. The zero-order chi connectivity index (χ0) is 10.7. The summed E-state index contributed by atoms with van der Waals surface area (Å²) in [6, 6.07) is 0. The van der Waals surface area contributed by atoms with Crippen LogP contribution in [0, 0.1) is 0 Å². The molecule has 1 atom stereocenters. The van der Waals surface area contributed by atoms with Crippen LogP contribution in [0.15, 0.2) is 0 Å². The van der Waals surface area contributed by atoms with Crippen LogP contribution in [0.1, 0.15) is 32.1 Å². The largest absolute Gasteiger partial charge is 0.379 e. The van der Waals surface area contributed by atoms with Crippen LogP contribution in [0.25, 0.3) is 0 Å². The molecule has 3 N–H and O–H groups in total. The minimum atomic E-state index is -0.890. The van der Waals surface area contributed by atoms with Crippen molar-refractivity contribution in [3.05, 3.63) is 0 Å². The maximum atomic E-state index is 11.7. The Morgan fingerprint density at radius 3 is 2.80 bits per heavy atom. The molecule has 15 heavy (non-hydrogen) atoms. The van der Waals surface area contributed by atoms with Gasteiger partial charge < -0.3 is 10.5 Å². The van der Waals surface area contributed by atoms with Crippen molar-refractivity contribution < 1.29 is 14.4 Å². The van der Waals surface area contributed by atoms with Crippen LogP contribution in [0.2, 0.25) is 0 Å². The summed E-state index contributed by atoms with van der Waals surface area (Å²) in [6.07, 6.45) is 5.13. The van der Waals surface area contributed by atoms with E-state index in [2.05, 4.69) is 5.48 Å². The van der Waals surface area contributed by atoms with Crippen LogP contribution in [-0.2, 0) is 14.4 Å². The Morgan fingerprint density at radius 1 is 1.47 bits per heavy atom. The Morgan fingerprint density at radius 2 is 2.20 bits per heavy atom. The number of ether oxygens (including phenoxy) is 1. The normalized spacial score (nSPS) is 32.1. The zero-order valence-corrected chi connectivity index (χ0v) is 8.83. The Hall–Kier alpha value is -0.650. The molecule has 1 saturated heterocycles. The topological polar surface area (TPSA) is 73.6 Å². The van der Waals surface area contributed by atoms with Gasteiger partial charge in [-0.1, -0.05) is 12.8 Å². The van der Waals surface area contributed by atoms with E-state index in [1.807, 2.05) is 0 Å². The summed E-state index contributed by atoms with van der Waals surface area (Å²) < 4.78 is 5.11. The van der Waals surface area contributed by atoms with Crippen molar-refractivity contribution in [1.82, 2.24) is 5.48 Å². The fourth-order valence-electron chi connectivity index (χ4n) is 2.00. The van der Waals surface area contributed by atoms with Crippen LogP contribution >= 0.6 is 0 Å². The van der Waals surface area contributed by atoms with Crippen LogP contribution in [0.4, 0.5) is 0 Å². The lowest BCUT2D eigenvalue weighted by atomic mass is 10.00. The number of hydrogen-bond acceptors (Lipinski definition) is 4. The molecule has 0 bridgehead atoms. The molecule has 86 valence electrons. The smallest absolute Gasteiger partial charge is 0.266 e. The SMILES string of the molecule is NC1(C(=O)NOC2CCCC2)CCOC1. The highest BCUT2D eigenvalue weighted by Gasteiger charge is 2.38. The van der Waals surface area contributed by atoms with E-state index in [-0.39, 0.29) is 18.6 Å². The number of nitrogens with one attached hydrogen (secondary N) is 1. The zero-order valence-electron chi connectivity index (χ0n) is 8.83. The van der Waals surface area contributed by atoms with E-state index in [1.165, 1.54) is 12.8 Å². The average Bonchev–Trinajstić information content (AvgIpc) is 2.85. The van der Waals surface area contributed by atoms with Crippen molar-refractivity contribution in [2.45, 2.75) is 43.7 Å². The third kappa shape index (κ3) is 2.48. The monoisotopic (exact) mass is 214 g/mol. The lowest BCUT2D eigenvalue weighted by molar-refractivity contribution is -0.143. The predicted octanol–water partition coefficient (Wildman–Crippen LogP) is 0.0946. The standard InChI is InChI=1S/C10H18N2O3/c11-10(5-6-14-7-10)9(13)12-15-8-3-1-2-4-8/h8H,1-7,11H2,(H,12,13). The maximum absolute atomic E-state index is 11.7. The summed E-state index contributed by atoms with van der Waals surface area (Å²) in [5.74, 6) is -0.257. The van der Waals surface area contributed by atoms with Crippen molar-refractivity contribution in [3.63, 3.8) is 0 Å². The van der Waals surface area contributed by atoms with Crippen molar-refractivity contribution >= 4 is 5.91 Å². The molecule has 2 rings (SSSR count). The van der Waals surface area contributed by atoms with Crippen molar-refractivity contribution in [2.75, 3.05) is 13.2 Å². The summed E-state index contributed by atoms with van der Waals surface area (Å²) in [5, 5.41) is 0. The number of carbonyl (C=O) groups excluding carboxylic acids is 1. The van der Waals surface area contributed by atoms with Gasteiger partial charge >= 0.3 is 0 Å². The van der Waals surface area contributed by atoms with Gasteiger partial charge in [0.2, 0.25) is 0 Å². The fraction of sp³-hybridized carbons (Fsp3) is 0.900. The van der Waals surface area contributed by atoms with Crippen molar-refractivity contribution in [2.24, 2.45) is 5.73 Å². The summed E-state index contributed by atoms with van der Waals surface area (Å²) in [6.45, 7) is 0.834. The van der Waals surface area contributed by atoms with Gasteiger partial charge in [-0.15, -0.1) is 0 Å². The second kappa shape index (κ2) is 4.47. The van der Waals surface area contributed by atoms with Crippen molar-refractivity contribution in [1.29, 1.82) is 0 Å². The van der Waals surface area contributed by atoms with Gasteiger partial charge in [-0.05, 0) is 12.8 Å². The van der Waals surface area contributed by atoms with E-state index in [1.54, 1.807) is 0 Å². The first kappa shape index (κ1) is 10.9. The molecule has 0 spiro atoms. The Kier molecular flexibility index (Phi) is 3.23. The van der Waals surface area contributed by atoms with E-state index in [0.29, 0.717) is 13.0 Å². The highest BCUT2D eigenvalue weighted by Crippen LogP contribution is 2.21. The highest BCUT2D eigenvalue weighted by atomic mass is 16.7. The lowest BCUT2D eigenvalue weighted by Crippen LogP contribution is -2.54. The van der Waals surface area contributed by atoms with Gasteiger partial charge in [0, 0.05) is 13.0 Å². The number of nitrogens with two attached hydrogens (primary N) is 1. The summed E-state index contributed by atoms with van der Waals surface area (Å²) in [5.41, 5.74) is 7.44. The summed E-state index contributed by atoms with van der Waals surface area (Å²) in [7, 11) is 0. The molecule has 1 aliphatic heterocycles.